The zero-order valence-electron chi connectivity index (χ0n) is 16.3. The maximum Gasteiger partial charge on any atom is 0.303 e. The Balaban J connectivity index is 0. The Hall–Kier alpha value is -0.610. The molecule has 0 aromatic carbocycles. The van der Waals surface area contributed by atoms with Gasteiger partial charge in [0.1, 0.15) is 0 Å². The van der Waals surface area contributed by atoms with Crippen LogP contribution in [0.2, 0.25) is 0 Å². The van der Waals surface area contributed by atoms with Crippen molar-refractivity contribution in [1.29, 1.82) is 0 Å². The van der Waals surface area contributed by atoms with Crippen molar-refractivity contribution >= 4 is 5.97 Å². The third-order valence-corrected chi connectivity index (χ3v) is 4.05. The van der Waals surface area contributed by atoms with Gasteiger partial charge in [0, 0.05) is 13.0 Å². The van der Waals surface area contributed by atoms with E-state index in [0.717, 1.165) is 18.8 Å². The average Bonchev–Trinajstić information content (AvgIpc) is 2.54. The van der Waals surface area contributed by atoms with Gasteiger partial charge in [-0.1, -0.05) is 90.9 Å². The van der Waals surface area contributed by atoms with Crippen molar-refractivity contribution in [3.05, 3.63) is 0 Å². The molecule has 4 heteroatoms. The molecule has 0 bridgehead atoms. The smallest absolute Gasteiger partial charge is 0.303 e. The van der Waals surface area contributed by atoms with Crippen molar-refractivity contribution in [3.8, 4) is 0 Å². The molecule has 0 aromatic rings. The number of unbranched alkanes of at least 4 members (excludes halogenated alkanes) is 11. The molecule has 0 rings (SSSR count). The van der Waals surface area contributed by atoms with Gasteiger partial charge in [-0.3, -0.25) is 4.79 Å². The molecule has 0 radical (unpaired) electrons. The molecule has 0 saturated carbocycles. The highest BCUT2D eigenvalue weighted by molar-refractivity contribution is 5.66. The van der Waals surface area contributed by atoms with Gasteiger partial charge >= 0.3 is 5.97 Å². The Morgan fingerprint density at radius 3 is 1.42 bits per heavy atom. The molecule has 0 aliphatic rings. The van der Waals surface area contributed by atoms with Crippen molar-refractivity contribution in [2.45, 2.75) is 104 Å². The molecule has 24 heavy (non-hydrogen) atoms. The highest BCUT2D eigenvalue weighted by Gasteiger charge is 1.97. The quantitative estimate of drug-likeness (QED) is 0.339. The second-order valence-electron chi connectivity index (χ2n) is 7.08. The largest absolute Gasteiger partial charge is 0.481 e. The van der Waals surface area contributed by atoms with Gasteiger partial charge in [-0.05, 0) is 12.3 Å². The van der Waals surface area contributed by atoms with E-state index in [0.29, 0.717) is 13.0 Å². The average molecular weight is 346 g/mol. The first-order valence-corrected chi connectivity index (χ1v) is 10.1. The number of aliphatic carboxylic acids is 1. The van der Waals surface area contributed by atoms with E-state index in [1.807, 2.05) is 0 Å². The molecule has 0 heterocycles. The zero-order valence-corrected chi connectivity index (χ0v) is 16.3. The zero-order chi connectivity index (χ0) is 18.5. The lowest BCUT2D eigenvalue weighted by Gasteiger charge is -2.04. The van der Waals surface area contributed by atoms with Gasteiger partial charge in [-0.25, -0.2) is 0 Å². The summed E-state index contributed by atoms with van der Waals surface area (Å²) in [5.74, 6) is 0.212. The number of carboxylic acids is 1. The maximum absolute atomic E-state index is 10.3. The third kappa shape index (κ3) is 29.4. The van der Waals surface area contributed by atoms with Crippen molar-refractivity contribution < 1.29 is 15.0 Å². The number of aliphatic hydroxyl groups is 1. The lowest BCUT2D eigenvalue weighted by molar-refractivity contribution is -0.137. The standard InChI is InChI=1S/C18H36O2.C2H7NO/c1-17(2)15-13-11-9-7-5-3-4-6-8-10-12-14-16-18(19)20;3-1-2-4/h17H,3-16H2,1-2H3,(H,19,20);4H,1-3H2. The summed E-state index contributed by atoms with van der Waals surface area (Å²) < 4.78 is 0. The second kappa shape index (κ2) is 22.4. The molecule has 0 amide bonds. The molecule has 0 saturated heterocycles. The van der Waals surface area contributed by atoms with E-state index in [-0.39, 0.29) is 6.61 Å². The number of rotatable bonds is 16. The van der Waals surface area contributed by atoms with Crippen LogP contribution in [-0.4, -0.2) is 29.3 Å². The summed E-state index contributed by atoms with van der Waals surface area (Å²) in [5.41, 5.74) is 4.78. The SMILES string of the molecule is CC(C)CCCCCCCCCCCCCCC(=O)O.NCCO. The van der Waals surface area contributed by atoms with Crippen LogP contribution in [0.1, 0.15) is 104 Å². The number of carboxylic acid groups (broad SMARTS) is 1. The molecular weight excluding hydrogens is 302 g/mol. The van der Waals surface area contributed by atoms with Gasteiger partial charge in [-0.15, -0.1) is 0 Å². The van der Waals surface area contributed by atoms with E-state index in [1.54, 1.807) is 0 Å². The monoisotopic (exact) mass is 345 g/mol. The van der Waals surface area contributed by atoms with Gasteiger partial charge in [0.2, 0.25) is 0 Å². The van der Waals surface area contributed by atoms with E-state index in [1.165, 1.54) is 70.6 Å². The first kappa shape index (κ1) is 25.6. The van der Waals surface area contributed by atoms with Crippen LogP contribution in [0.25, 0.3) is 0 Å². The van der Waals surface area contributed by atoms with Crippen LogP contribution in [0.3, 0.4) is 0 Å². The van der Waals surface area contributed by atoms with E-state index < -0.39 is 5.97 Å². The topological polar surface area (TPSA) is 83.5 Å². The van der Waals surface area contributed by atoms with Crippen LogP contribution in [0.5, 0.6) is 0 Å². The van der Waals surface area contributed by atoms with Gasteiger partial charge in [0.15, 0.2) is 0 Å². The lowest BCUT2D eigenvalue weighted by atomic mass is 10.0. The Bertz CT molecular complexity index is 243. The fraction of sp³-hybridized carbons (Fsp3) is 0.950. The molecule has 0 atom stereocenters. The summed E-state index contributed by atoms with van der Waals surface area (Å²) in [6, 6.07) is 0. The van der Waals surface area contributed by atoms with Crippen LogP contribution in [0.4, 0.5) is 0 Å². The summed E-state index contributed by atoms with van der Waals surface area (Å²) in [7, 11) is 0. The normalized spacial score (nSPS) is 10.5. The van der Waals surface area contributed by atoms with Crippen molar-refractivity contribution in [2.75, 3.05) is 13.2 Å². The molecule has 4 nitrogen and oxygen atoms in total. The summed E-state index contributed by atoms with van der Waals surface area (Å²) >= 11 is 0. The van der Waals surface area contributed by atoms with E-state index in [4.69, 9.17) is 15.9 Å². The molecule has 0 aromatic heterocycles. The minimum atomic E-state index is -0.654. The molecule has 4 N–H and O–H groups in total. The Morgan fingerprint density at radius 1 is 0.792 bits per heavy atom. The lowest BCUT2D eigenvalue weighted by Crippen LogP contribution is -2.02. The highest BCUT2D eigenvalue weighted by atomic mass is 16.4. The van der Waals surface area contributed by atoms with Crippen molar-refractivity contribution in [1.82, 2.24) is 0 Å². The number of nitrogens with two attached hydrogens (primary N) is 1. The predicted molar refractivity (Wildman–Crippen MR) is 103 cm³/mol. The summed E-state index contributed by atoms with van der Waals surface area (Å²) in [6.45, 7) is 5.09. The Morgan fingerprint density at radius 2 is 1.12 bits per heavy atom. The van der Waals surface area contributed by atoms with Crippen LogP contribution < -0.4 is 5.73 Å². The third-order valence-electron chi connectivity index (χ3n) is 4.05. The van der Waals surface area contributed by atoms with Gasteiger partial charge in [0.05, 0.1) is 6.61 Å². The van der Waals surface area contributed by atoms with E-state index in [2.05, 4.69) is 13.8 Å². The molecule has 0 unspecified atom stereocenters. The highest BCUT2D eigenvalue weighted by Crippen LogP contribution is 2.14. The molecular formula is C20H43NO3. The molecule has 0 fully saturated rings. The van der Waals surface area contributed by atoms with Gasteiger partial charge in [-0.2, -0.15) is 0 Å². The minimum absolute atomic E-state index is 0.0972. The molecule has 0 aliphatic carbocycles. The van der Waals surface area contributed by atoms with E-state index >= 15 is 0 Å². The Kier molecular flexibility index (Phi) is 23.9. The summed E-state index contributed by atoms with van der Waals surface area (Å²) in [6.07, 6.45) is 17.3. The number of hydrogen-bond acceptors (Lipinski definition) is 3. The molecule has 0 aliphatic heterocycles. The van der Waals surface area contributed by atoms with Gasteiger partial charge in [0.25, 0.3) is 0 Å². The minimum Gasteiger partial charge on any atom is -0.481 e. The van der Waals surface area contributed by atoms with Crippen LogP contribution in [0.15, 0.2) is 0 Å². The first-order valence-electron chi connectivity index (χ1n) is 10.1. The van der Waals surface area contributed by atoms with Crippen LogP contribution in [-0.2, 0) is 4.79 Å². The maximum atomic E-state index is 10.3. The van der Waals surface area contributed by atoms with Gasteiger partial charge < -0.3 is 15.9 Å². The van der Waals surface area contributed by atoms with Crippen LogP contribution >= 0.6 is 0 Å². The second-order valence-corrected chi connectivity index (χ2v) is 7.08. The number of hydrogen-bond donors (Lipinski definition) is 3. The Labute approximate surface area is 150 Å². The van der Waals surface area contributed by atoms with Crippen LogP contribution in [0, 0.1) is 5.92 Å². The van der Waals surface area contributed by atoms with Crippen molar-refractivity contribution in [3.63, 3.8) is 0 Å². The van der Waals surface area contributed by atoms with Crippen molar-refractivity contribution in [2.24, 2.45) is 11.7 Å². The fourth-order valence-electron chi connectivity index (χ4n) is 2.60. The number of carbonyl (C=O) groups is 1. The molecule has 146 valence electrons. The van der Waals surface area contributed by atoms with E-state index in [9.17, 15) is 4.79 Å². The number of aliphatic hydroxyl groups excluding tert-OH is 1. The summed E-state index contributed by atoms with van der Waals surface area (Å²) in [5, 5.41) is 16.3. The first-order chi connectivity index (χ1) is 11.5. The summed E-state index contributed by atoms with van der Waals surface area (Å²) in [4.78, 5) is 10.3. The fourth-order valence-corrected chi connectivity index (χ4v) is 2.60. The molecule has 0 spiro atoms. The predicted octanol–water partition coefficient (Wildman–Crippen LogP) is 5.13.